The van der Waals surface area contributed by atoms with E-state index in [2.05, 4.69) is 20.2 Å². The molecule has 20 heavy (non-hydrogen) atoms. The Bertz CT molecular complexity index is 552. The quantitative estimate of drug-likeness (QED) is 0.534. The van der Waals surface area contributed by atoms with Crippen LogP contribution in [0.4, 0.5) is 0 Å². The summed E-state index contributed by atoms with van der Waals surface area (Å²) < 4.78 is 0. The number of nitrogens with zero attached hydrogens (tertiary/aromatic N) is 3. The van der Waals surface area contributed by atoms with Gasteiger partial charge in [-0.3, -0.25) is 15.1 Å². The minimum atomic E-state index is 0.949. The van der Waals surface area contributed by atoms with Crippen LogP contribution >= 0.6 is 11.3 Å². The SMILES string of the molecule is c1ccc2nccnc2c1.c1ccsc1.c1cn[nH]c1. The van der Waals surface area contributed by atoms with Crippen molar-refractivity contribution >= 4 is 22.4 Å². The van der Waals surface area contributed by atoms with Gasteiger partial charge in [0.15, 0.2) is 0 Å². The van der Waals surface area contributed by atoms with Crippen molar-refractivity contribution in [1.82, 2.24) is 20.2 Å². The van der Waals surface area contributed by atoms with Crippen LogP contribution in [0.1, 0.15) is 0 Å². The van der Waals surface area contributed by atoms with E-state index in [0.717, 1.165) is 11.0 Å². The molecule has 4 rings (SSSR count). The van der Waals surface area contributed by atoms with E-state index in [1.165, 1.54) is 0 Å². The van der Waals surface area contributed by atoms with E-state index in [1.54, 1.807) is 36.1 Å². The van der Waals surface area contributed by atoms with E-state index < -0.39 is 0 Å². The first-order chi connectivity index (χ1) is 9.97. The van der Waals surface area contributed by atoms with Gasteiger partial charge in [-0.25, -0.2) is 0 Å². The lowest BCUT2D eigenvalue weighted by Crippen LogP contribution is -1.78. The minimum Gasteiger partial charge on any atom is -0.286 e. The Balaban J connectivity index is 0.000000124. The number of aromatic amines is 1. The number of fused-ring (bicyclic) bond motifs is 1. The summed E-state index contributed by atoms with van der Waals surface area (Å²) in [5, 5.41) is 10.3. The van der Waals surface area contributed by atoms with Crippen LogP contribution in [-0.4, -0.2) is 20.2 Å². The number of aromatic nitrogens is 4. The van der Waals surface area contributed by atoms with Crippen LogP contribution in [0.5, 0.6) is 0 Å². The molecule has 100 valence electrons. The molecule has 0 saturated heterocycles. The molecule has 4 nitrogen and oxygen atoms in total. The molecule has 5 heteroatoms. The van der Waals surface area contributed by atoms with E-state index >= 15 is 0 Å². The van der Waals surface area contributed by atoms with Crippen LogP contribution in [0.2, 0.25) is 0 Å². The summed E-state index contributed by atoms with van der Waals surface area (Å²) in [5.41, 5.74) is 1.90. The highest BCUT2D eigenvalue weighted by Crippen LogP contribution is 2.04. The molecular formula is C15H14N4S. The van der Waals surface area contributed by atoms with E-state index in [1.807, 2.05) is 53.2 Å². The zero-order valence-electron chi connectivity index (χ0n) is 10.8. The van der Waals surface area contributed by atoms with Crippen LogP contribution in [0, 0.1) is 0 Å². The van der Waals surface area contributed by atoms with Gasteiger partial charge >= 0.3 is 0 Å². The number of hydrogen-bond donors (Lipinski definition) is 1. The maximum Gasteiger partial charge on any atom is 0.0886 e. The van der Waals surface area contributed by atoms with Crippen LogP contribution in [0.3, 0.4) is 0 Å². The fraction of sp³-hybridized carbons (Fsp3) is 0. The monoisotopic (exact) mass is 282 g/mol. The highest BCUT2D eigenvalue weighted by atomic mass is 32.1. The number of para-hydroxylation sites is 2. The van der Waals surface area contributed by atoms with Crippen molar-refractivity contribution in [2.45, 2.75) is 0 Å². The predicted octanol–water partition coefficient (Wildman–Crippen LogP) is 3.79. The maximum atomic E-state index is 4.12. The molecule has 0 amide bonds. The van der Waals surface area contributed by atoms with Gasteiger partial charge in [-0.15, -0.1) is 0 Å². The van der Waals surface area contributed by atoms with Gasteiger partial charge in [-0.1, -0.05) is 24.3 Å². The summed E-state index contributed by atoms with van der Waals surface area (Å²) >= 11 is 1.71. The van der Waals surface area contributed by atoms with Crippen molar-refractivity contribution in [3.8, 4) is 0 Å². The molecular weight excluding hydrogens is 268 g/mol. The van der Waals surface area contributed by atoms with Crippen molar-refractivity contribution in [2.24, 2.45) is 0 Å². The molecule has 0 aliphatic carbocycles. The molecule has 0 atom stereocenters. The lowest BCUT2D eigenvalue weighted by Gasteiger charge is -1.90. The fourth-order valence-corrected chi connectivity index (χ4v) is 1.81. The zero-order valence-corrected chi connectivity index (χ0v) is 11.6. The molecule has 0 bridgehead atoms. The van der Waals surface area contributed by atoms with Gasteiger partial charge in [-0.05, 0) is 29.0 Å². The highest BCUT2D eigenvalue weighted by Gasteiger charge is 1.88. The number of benzene rings is 1. The lowest BCUT2D eigenvalue weighted by molar-refractivity contribution is 1.09. The molecule has 3 heterocycles. The third kappa shape index (κ3) is 4.99. The molecule has 0 spiro atoms. The van der Waals surface area contributed by atoms with Gasteiger partial charge < -0.3 is 0 Å². The Hall–Kier alpha value is -2.53. The third-order valence-electron chi connectivity index (χ3n) is 2.21. The van der Waals surface area contributed by atoms with Gasteiger partial charge in [0, 0.05) is 24.8 Å². The third-order valence-corrected chi connectivity index (χ3v) is 2.84. The molecule has 4 aromatic rings. The van der Waals surface area contributed by atoms with E-state index in [4.69, 9.17) is 0 Å². The average Bonchev–Trinajstić information content (AvgIpc) is 3.25. The first kappa shape index (κ1) is 13.9. The van der Waals surface area contributed by atoms with Crippen LogP contribution in [0.25, 0.3) is 11.0 Å². The second-order valence-corrected chi connectivity index (χ2v) is 4.42. The minimum absolute atomic E-state index is 0.949. The number of thiophene rings is 1. The topological polar surface area (TPSA) is 54.5 Å². The second kappa shape index (κ2) is 8.55. The first-order valence-electron chi connectivity index (χ1n) is 6.03. The molecule has 0 saturated carbocycles. The first-order valence-corrected chi connectivity index (χ1v) is 6.98. The van der Waals surface area contributed by atoms with Gasteiger partial charge in [0.1, 0.15) is 0 Å². The zero-order chi connectivity index (χ0) is 13.9. The van der Waals surface area contributed by atoms with Gasteiger partial charge in [-0.2, -0.15) is 16.4 Å². The summed E-state index contributed by atoms with van der Waals surface area (Å²) in [5.74, 6) is 0. The van der Waals surface area contributed by atoms with E-state index in [0.29, 0.717) is 0 Å². The molecule has 0 unspecified atom stereocenters. The molecule has 1 aromatic carbocycles. The summed E-state index contributed by atoms with van der Waals surface area (Å²) in [7, 11) is 0. The van der Waals surface area contributed by atoms with Gasteiger partial charge in [0.2, 0.25) is 0 Å². The number of hydrogen-bond acceptors (Lipinski definition) is 4. The lowest BCUT2D eigenvalue weighted by atomic mass is 10.3. The number of nitrogens with one attached hydrogen (secondary N) is 1. The van der Waals surface area contributed by atoms with Gasteiger partial charge in [0.25, 0.3) is 0 Å². The van der Waals surface area contributed by atoms with E-state index in [-0.39, 0.29) is 0 Å². The van der Waals surface area contributed by atoms with Crippen molar-refractivity contribution < 1.29 is 0 Å². The van der Waals surface area contributed by atoms with Crippen molar-refractivity contribution in [3.05, 3.63) is 78.0 Å². The van der Waals surface area contributed by atoms with Crippen molar-refractivity contribution in [2.75, 3.05) is 0 Å². The Labute approximate surface area is 121 Å². The molecule has 0 aliphatic rings. The molecule has 0 fully saturated rings. The number of rotatable bonds is 0. The normalized spacial score (nSPS) is 9.00. The summed E-state index contributed by atoms with van der Waals surface area (Å²) in [4.78, 5) is 8.24. The standard InChI is InChI=1S/C8H6N2.C4H4S.C3H4N2/c1-2-4-8-7(3-1)9-5-6-10-8;2*1-2-4-5-3-1/h1-6H;1-4H;1-3H,(H,4,5). The summed E-state index contributed by atoms with van der Waals surface area (Å²) in [6.07, 6.45) is 6.85. The van der Waals surface area contributed by atoms with E-state index in [9.17, 15) is 0 Å². The maximum absolute atomic E-state index is 4.12. The Morgan fingerprint density at radius 3 is 1.75 bits per heavy atom. The molecule has 3 aromatic heterocycles. The van der Waals surface area contributed by atoms with Crippen LogP contribution < -0.4 is 0 Å². The average molecular weight is 282 g/mol. The largest absolute Gasteiger partial charge is 0.286 e. The smallest absolute Gasteiger partial charge is 0.0886 e. The second-order valence-electron chi connectivity index (χ2n) is 3.60. The van der Waals surface area contributed by atoms with Gasteiger partial charge in [0.05, 0.1) is 11.0 Å². The highest BCUT2D eigenvalue weighted by molar-refractivity contribution is 7.07. The number of H-pyrrole nitrogens is 1. The van der Waals surface area contributed by atoms with Crippen molar-refractivity contribution in [1.29, 1.82) is 0 Å². The predicted molar refractivity (Wildman–Crippen MR) is 82.4 cm³/mol. The molecule has 1 N–H and O–H groups in total. The van der Waals surface area contributed by atoms with Crippen molar-refractivity contribution in [3.63, 3.8) is 0 Å². The molecule has 0 aliphatic heterocycles. The van der Waals surface area contributed by atoms with Crippen LogP contribution in [-0.2, 0) is 0 Å². The molecule has 0 radical (unpaired) electrons. The van der Waals surface area contributed by atoms with Crippen LogP contribution in [0.15, 0.2) is 78.0 Å². The summed E-state index contributed by atoms with van der Waals surface area (Å²) in [6, 6.07) is 13.7. The summed E-state index contributed by atoms with van der Waals surface area (Å²) in [6.45, 7) is 0. The fourth-order valence-electron chi connectivity index (χ4n) is 1.35. The Kier molecular flexibility index (Phi) is 5.94. The Morgan fingerprint density at radius 2 is 1.40 bits per heavy atom. The Morgan fingerprint density at radius 1 is 0.750 bits per heavy atom.